The lowest BCUT2D eigenvalue weighted by molar-refractivity contribution is -0.120. The van der Waals surface area contributed by atoms with E-state index in [0.717, 1.165) is 20.1 Å². The number of carbonyl (C=O) groups is 2. The zero-order valence-electron chi connectivity index (χ0n) is 18.7. The predicted octanol–water partition coefficient (Wildman–Crippen LogP) is 2.74. The van der Waals surface area contributed by atoms with Gasteiger partial charge in [-0.1, -0.05) is 12.1 Å². The molecular formula is C22H27Br2N3O5S. The summed E-state index contributed by atoms with van der Waals surface area (Å²) in [6, 6.07) is 10.4. The molecule has 180 valence electrons. The van der Waals surface area contributed by atoms with Gasteiger partial charge >= 0.3 is 0 Å². The molecule has 33 heavy (non-hydrogen) atoms. The minimum absolute atomic E-state index is 0.00960. The third-order valence-electron chi connectivity index (χ3n) is 4.78. The molecule has 0 radical (unpaired) electrons. The van der Waals surface area contributed by atoms with E-state index in [1.54, 1.807) is 31.4 Å². The minimum Gasteiger partial charge on any atom is -0.494 e. The Hall–Kier alpha value is -1.95. The van der Waals surface area contributed by atoms with Crippen molar-refractivity contribution in [2.45, 2.75) is 12.8 Å². The highest BCUT2D eigenvalue weighted by atomic mass is 79.9. The van der Waals surface area contributed by atoms with Crippen LogP contribution in [0.2, 0.25) is 0 Å². The summed E-state index contributed by atoms with van der Waals surface area (Å²) in [5.74, 6) is 0.244. The van der Waals surface area contributed by atoms with Gasteiger partial charge in [-0.3, -0.25) is 9.59 Å². The number of hydrogen-bond acceptors (Lipinski definition) is 5. The van der Waals surface area contributed by atoms with Crippen LogP contribution in [0.3, 0.4) is 0 Å². The van der Waals surface area contributed by atoms with E-state index in [4.69, 9.17) is 4.74 Å². The number of methoxy groups -OCH3 is 1. The van der Waals surface area contributed by atoms with Crippen molar-refractivity contribution in [1.82, 2.24) is 14.9 Å². The Labute approximate surface area is 211 Å². The summed E-state index contributed by atoms with van der Waals surface area (Å²) in [5.41, 5.74) is 2.11. The maximum absolute atomic E-state index is 12.3. The summed E-state index contributed by atoms with van der Waals surface area (Å²) in [6.07, 6.45) is 0.565. The Balaban J connectivity index is 1.76. The van der Waals surface area contributed by atoms with Gasteiger partial charge in [0.1, 0.15) is 5.75 Å². The molecule has 0 saturated carbocycles. The summed E-state index contributed by atoms with van der Waals surface area (Å²) in [4.78, 5) is 24.5. The fraction of sp³-hybridized carbons (Fsp3) is 0.364. The van der Waals surface area contributed by atoms with Crippen LogP contribution in [0.1, 0.15) is 21.5 Å². The molecule has 0 fully saturated rings. The summed E-state index contributed by atoms with van der Waals surface area (Å²) in [6.45, 7) is 0.576. The summed E-state index contributed by atoms with van der Waals surface area (Å²) in [5, 5.41) is 5.53. The van der Waals surface area contributed by atoms with Crippen molar-refractivity contribution in [3.8, 4) is 5.75 Å². The van der Waals surface area contributed by atoms with E-state index in [0.29, 0.717) is 24.3 Å². The minimum atomic E-state index is -3.26. The number of sulfonamides is 1. The first-order valence-corrected chi connectivity index (χ1v) is 13.3. The Morgan fingerprint density at radius 1 is 0.970 bits per heavy atom. The molecular weight excluding hydrogens is 578 g/mol. The first-order valence-electron chi connectivity index (χ1n) is 10.1. The quantitative estimate of drug-likeness (QED) is 0.384. The molecule has 2 aromatic rings. The molecule has 0 bridgehead atoms. The highest BCUT2D eigenvalue weighted by molar-refractivity contribution is 9.11. The van der Waals surface area contributed by atoms with Gasteiger partial charge in [0.25, 0.3) is 5.91 Å². The number of nitrogens with zero attached hydrogens (tertiary/aromatic N) is 1. The van der Waals surface area contributed by atoms with Gasteiger partial charge in [-0.05, 0) is 73.7 Å². The van der Waals surface area contributed by atoms with Gasteiger partial charge in [0.2, 0.25) is 15.9 Å². The molecule has 0 spiro atoms. The normalized spacial score (nSPS) is 11.3. The SMILES string of the molecule is COc1c(Br)cc(CC(=O)NCCNC(=O)c2ccc(CCS(=O)(=O)N(C)C)cc2)cc1Br. The van der Waals surface area contributed by atoms with Crippen LogP contribution in [0.25, 0.3) is 0 Å². The second-order valence-electron chi connectivity index (χ2n) is 7.42. The number of hydrogen-bond donors (Lipinski definition) is 2. The molecule has 0 aliphatic heterocycles. The zero-order chi connectivity index (χ0) is 24.6. The number of aryl methyl sites for hydroxylation is 1. The van der Waals surface area contributed by atoms with Gasteiger partial charge in [-0.2, -0.15) is 0 Å². The van der Waals surface area contributed by atoms with Crippen LogP contribution in [0.4, 0.5) is 0 Å². The molecule has 0 heterocycles. The van der Waals surface area contributed by atoms with E-state index in [1.165, 1.54) is 18.4 Å². The molecule has 2 N–H and O–H groups in total. The Bertz CT molecular complexity index is 1070. The van der Waals surface area contributed by atoms with E-state index in [-0.39, 0.29) is 30.5 Å². The Kier molecular flexibility index (Phi) is 10.3. The van der Waals surface area contributed by atoms with E-state index in [1.807, 2.05) is 12.1 Å². The van der Waals surface area contributed by atoms with Crippen molar-refractivity contribution in [2.24, 2.45) is 0 Å². The molecule has 2 amide bonds. The van der Waals surface area contributed by atoms with E-state index in [9.17, 15) is 18.0 Å². The zero-order valence-corrected chi connectivity index (χ0v) is 22.6. The largest absolute Gasteiger partial charge is 0.494 e. The maximum atomic E-state index is 12.3. The lowest BCUT2D eigenvalue weighted by Gasteiger charge is -2.11. The topological polar surface area (TPSA) is 105 Å². The van der Waals surface area contributed by atoms with E-state index < -0.39 is 10.0 Å². The molecule has 0 aliphatic carbocycles. The van der Waals surface area contributed by atoms with Crippen LogP contribution in [0.5, 0.6) is 5.75 Å². The highest BCUT2D eigenvalue weighted by Gasteiger charge is 2.14. The lowest BCUT2D eigenvalue weighted by atomic mass is 10.1. The second kappa shape index (κ2) is 12.5. The number of nitrogens with one attached hydrogen (secondary N) is 2. The summed E-state index contributed by atoms with van der Waals surface area (Å²) >= 11 is 6.83. The standard InChI is InChI=1S/C22H27Br2N3O5S/c1-27(2)33(30,31)11-8-15-4-6-17(7-5-15)22(29)26-10-9-25-20(28)14-16-12-18(23)21(32-3)19(24)13-16/h4-7,12-13H,8-11,14H2,1-3H3,(H,25,28)(H,26,29). The van der Waals surface area contributed by atoms with E-state index in [2.05, 4.69) is 42.5 Å². The molecule has 0 aromatic heterocycles. The molecule has 0 unspecified atom stereocenters. The fourth-order valence-corrected chi connectivity index (χ4v) is 5.35. The van der Waals surface area contributed by atoms with Crippen molar-refractivity contribution in [1.29, 1.82) is 0 Å². The number of carbonyl (C=O) groups excluding carboxylic acids is 2. The van der Waals surface area contributed by atoms with Gasteiger partial charge < -0.3 is 15.4 Å². The van der Waals surface area contributed by atoms with Gasteiger partial charge in [-0.15, -0.1) is 0 Å². The predicted molar refractivity (Wildman–Crippen MR) is 135 cm³/mol. The molecule has 0 atom stereocenters. The third-order valence-corrected chi connectivity index (χ3v) is 7.79. The van der Waals surface area contributed by atoms with Crippen LogP contribution in [0, 0.1) is 0 Å². The van der Waals surface area contributed by atoms with Crippen molar-refractivity contribution in [2.75, 3.05) is 40.0 Å². The van der Waals surface area contributed by atoms with Crippen molar-refractivity contribution in [3.05, 3.63) is 62.0 Å². The molecule has 2 rings (SSSR count). The molecule has 11 heteroatoms. The first-order chi connectivity index (χ1) is 15.5. The molecule has 2 aromatic carbocycles. The third kappa shape index (κ3) is 8.40. The van der Waals surface area contributed by atoms with Crippen LogP contribution in [-0.4, -0.2) is 64.6 Å². The lowest BCUT2D eigenvalue weighted by Crippen LogP contribution is -2.35. The van der Waals surface area contributed by atoms with Crippen molar-refractivity contribution < 1.29 is 22.7 Å². The number of benzene rings is 2. The number of ether oxygens (including phenoxy) is 1. The van der Waals surface area contributed by atoms with Crippen LogP contribution in [0.15, 0.2) is 45.3 Å². The number of halogens is 2. The highest BCUT2D eigenvalue weighted by Crippen LogP contribution is 2.34. The Morgan fingerprint density at radius 3 is 2.09 bits per heavy atom. The van der Waals surface area contributed by atoms with Crippen LogP contribution >= 0.6 is 31.9 Å². The van der Waals surface area contributed by atoms with Crippen molar-refractivity contribution in [3.63, 3.8) is 0 Å². The molecule has 0 saturated heterocycles. The first kappa shape index (κ1) is 27.3. The summed E-state index contributed by atoms with van der Waals surface area (Å²) < 4.78 is 31.7. The van der Waals surface area contributed by atoms with Gasteiger partial charge in [-0.25, -0.2) is 12.7 Å². The van der Waals surface area contributed by atoms with Gasteiger partial charge in [0, 0.05) is 32.7 Å². The average molecular weight is 605 g/mol. The van der Waals surface area contributed by atoms with Crippen LogP contribution < -0.4 is 15.4 Å². The number of amides is 2. The molecule has 0 aliphatic rings. The van der Waals surface area contributed by atoms with E-state index >= 15 is 0 Å². The maximum Gasteiger partial charge on any atom is 0.251 e. The monoisotopic (exact) mass is 603 g/mol. The van der Waals surface area contributed by atoms with Gasteiger partial charge in [0.05, 0.1) is 28.2 Å². The van der Waals surface area contributed by atoms with Crippen LogP contribution in [-0.2, 0) is 27.7 Å². The second-order valence-corrected chi connectivity index (χ2v) is 11.4. The smallest absolute Gasteiger partial charge is 0.251 e. The average Bonchev–Trinajstić information content (AvgIpc) is 2.75. The fourth-order valence-electron chi connectivity index (χ4n) is 2.89. The van der Waals surface area contributed by atoms with Crippen molar-refractivity contribution >= 4 is 53.7 Å². The molecule has 8 nitrogen and oxygen atoms in total. The van der Waals surface area contributed by atoms with Gasteiger partial charge in [0.15, 0.2) is 0 Å². The summed E-state index contributed by atoms with van der Waals surface area (Å²) in [7, 11) is 1.31. The number of rotatable bonds is 11. The Morgan fingerprint density at radius 2 is 1.55 bits per heavy atom.